The molecule has 0 unspecified atom stereocenters. The van der Waals surface area contributed by atoms with E-state index in [0.717, 1.165) is 37.3 Å². The number of methoxy groups -OCH3 is 1. The van der Waals surface area contributed by atoms with Crippen LogP contribution in [0.4, 0.5) is 5.82 Å². The second-order valence-corrected chi connectivity index (χ2v) is 4.57. The summed E-state index contributed by atoms with van der Waals surface area (Å²) in [5.74, 6) is 1.34. The molecular weight excluding hydrogens is 258 g/mol. The molecule has 2 heterocycles. The van der Waals surface area contributed by atoms with E-state index in [1.54, 1.807) is 4.52 Å². The number of fused-ring (bicyclic) bond motifs is 1. The zero-order valence-corrected chi connectivity index (χ0v) is 11.8. The van der Waals surface area contributed by atoms with Gasteiger partial charge in [0, 0.05) is 24.7 Å². The average molecular weight is 277 g/mol. The number of nitrogens with one attached hydrogen (secondary N) is 1. The van der Waals surface area contributed by atoms with Crippen molar-refractivity contribution in [3.63, 3.8) is 0 Å². The highest BCUT2D eigenvalue weighted by atomic mass is 16.5. The van der Waals surface area contributed by atoms with E-state index >= 15 is 0 Å². The van der Waals surface area contributed by atoms with Crippen LogP contribution in [0.25, 0.3) is 5.78 Å². The summed E-state index contributed by atoms with van der Waals surface area (Å²) in [6.07, 6.45) is 4.78. The van der Waals surface area contributed by atoms with Crippen LogP contribution in [-0.2, 0) is 9.53 Å². The second-order valence-electron chi connectivity index (χ2n) is 4.57. The summed E-state index contributed by atoms with van der Waals surface area (Å²) >= 11 is 0. The number of aryl methyl sites for hydroxylation is 1. The Morgan fingerprint density at radius 1 is 1.40 bits per heavy atom. The summed E-state index contributed by atoms with van der Waals surface area (Å²) in [5.41, 5.74) is 0.902. The quantitative estimate of drug-likeness (QED) is 0.611. The summed E-state index contributed by atoms with van der Waals surface area (Å²) in [6.45, 7) is 2.75. The number of hydrogen-bond acceptors (Lipinski definition) is 6. The van der Waals surface area contributed by atoms with Gasteiger partial charge in [-0.05, 0) is 19.8 Å². The normalized spacial score (nSPS) is 10.7. The van der Waals surface area contributed by atoms with Crippen molar-refractivity contribution >= 4 is 17.6 Å². The Bertz CT molecular complexity index is 581. The highest BCUT2D eigenvalue weighted by molar-refractivity contribution is 5.68. The Hall–Kier alpha value is -2.18. The Balaban J connectivity index is 1.78. The van der Waals surface area contributed by atoms with Crippen LogP contribution >= 0.6 is 0 Å². The Labute approximate surface area is 117 Å². The van der Waals surface area contributed by atoms with E-state index in [9.17, 15) is 4.79 Å². The highest BCUT2D eigenvalue weighted by Gasteiger charge is 2.05. The number of nitrogens with zero attached hydrogens (tertiary/aromatic N) is 4. The predicted octanol–water partition coefficient (Wildman–Crippen LogP) is 1.58. The van der Waals surface area contributed by atoms with Crippen molar-refractivity contribution < 1.29 is 9.53 Å². The van der Waals surface area contributed by atoms with Crippen LogP contribution in [-0.4, -0.2) is 39.2 Å². The van der Waals surface area contributed by atoms with Gasteiger partial charge in [-0.15, -0.1) is 0 Å². The Morgan fingerprint density at radius 2 is 2.25 bits per heavy atom. The van der Waals surface area contributed by atoms with Gasteiger partial charge in [0.15, 0.2) is 0 Å². The molecule has 0 amide bonds. The molecule has 0 aliphatic rings. The highest BCUT2D eigenvalue weighted by Crippen LogP contribution is 2.10. The molecule has 0 saturated heterocycles. The third-order valence-corrected chi connectivity index (χ3v) is 2.97. The van der Waals surface area contributed by atoms with E-state index in [1.807, 2.05) is 13.0 Å². The number of aromatic nitrogens is 4. The van der Waals surface area contributed by atoms with Gasteiger partial charge < -0.3 is 10.1 Å². The standard InChI is InChI=1S/C13H19N5O2/c1-10-8-11(18-13(17-10)15-9-16-18)14-7-5-3-4-6-12(19)20-2/h8-9,14H,3-7H2,1-2H3. The van der Waals surface area contributed by atoms with Gasteiger partial charge in [-0.3, -0.25) is 4.79 Å². The largest absolute Gasteiger partial charge is 0.469 e. The molecule has 1 N–H and O–H groups in total. The van der Waals surface area contributed by atoms with Crippen LogP contribution in [0.2, 0.25) is 0 Å². The molecule has 0 radical (unpaired) electrons. The minimum Gasteiger partial charge on any atom is -0.469 e. The maximum Gasteiger partial charge on any atom is 0.305 e. The van der Waals surface area contributed by atoms with Crippen molar-refractivity contribution in [3.05, 3.63) is 18.1 Å². The molecule has 2 rings (SSSR count). The van der Waals surface area contributed by atoms with Crippen molar-refractivity contribution in [2.75, 3.05) is 19.0 Å². The van der Waals surface area contributed by atoms with E-state index in [2.05, 4.69) is 25.1 Å². The molecule has 7 nitrogen and oxygen atoms in total. The van der Waals surface area contributed by atoms with Crippen molar-refractivity contribution in [1.82, 2.24) is 19.6 Å². The van der Waals surface area contributed by atoms with Gasteiger partial charge in [0.1, 0.15) is 12.1 Å². The average Bonchev–Trinajstić information content (AvgIpc) is 2.90. The van der Waals surface area contributed by atoms with Gasteiger partial charge in [-0.2, -0.15) is 14.6 Å². The lowest BCUT2D eigenvalue weighted by atomic mass is 10.2. The minimum atomic E-state index is -0.146. The van der Waals surface area contributed by atoms with Crippen molar-refractivity contribution in [2.24, 2.45) is 0 Å². The van der Waals surface area contributed by atoms with Gasteiger partial charge in [0.25, 0.3) is 5.78 Å². The van der Waals surface area contributed by atoms with Crippen LogP contribution in [0, 0.1) is 6.92 Å². The third kappa shape index (κ3) is 3.66. The first-order valence-electron chi connectivity index (χ1n) is 6.69. The molecule has 20 heavy (non-hydrogen) atoms. The fourth-order valence-electron chi connectivity index (χ4n) is 1.95. The first kappa shape index (κ1) is 14.2. The molecule has 108 valence electrons. The molecule has 0 aliphatic carbocycles. The summed E-state index contributed by atoms with van der Waals surface area (Å²) in [4.78, 5) is 19.3. The molecule has 2 aromatic rings. The summed E-state index contributed by atoms with van der Waals surface area (Å²) in [5, 5.41) is 7.45. The molecule has 0 saturated carbocycles. The molecule has 0 atom stereocenters. The number of hydrogen-bond donors (Lipinski definition) is 1. The van der Waals surface area contributed by atoms with Gasteiger partial charge in [-0.1, -0.05) is 6.42 Å². The number of rotatable bonds is 7. The first-order valence-corrected chi connectivity index (χ1v) is 6.69. The van der Waals surface area contributed by atoms with Gasteiger partial charge in [0.2, 0.25) is 0 Å². The van der Waals surface area contributed by atoms with E-state index < -0.39 is 0 Å². The van der Waals surface area contributed by atoms with Crippen molar-refractivity contribution in [2.45, 2.75) is 32.6 Å². The van der Waals surface area contributed by atoms with Crippen LogP contribution in [0.5, 0.6) is 0 Å². The molecule has 0 spiro atoms. The fraction of sp³-hybridized carbons (Fsp3) is 0.538. The molecule has 0 bridgehead atoms. The lowest BCUT2D eigenvalue weighted by molar-refractivity contribution is -0.140. The molecule has 0 fully saturated rings. The monoisotopic (exact) mass is 277 g/mol. The zero-order chi connectivity index (χ0) is 14.4. The minimum absolute atomic E-state index is 0.146. The predicted molar refractivity (Wildman–Crippen MR) is 74.5 cm³/mol. The van der Waals surface area contributed by atoms with E-state index in [1.165, 1.54) is 13.4 Å². The van der Waals surface area contributed by atoms with Gasteiger partial charge in [0.05, 0.1) is 7.11 Å². The SMILES string of the molecule is COC(=O)CCCCCNc1cc(C)nc2ncnn12. The smallest absolute Gasteiger partial charge is 0.305 e. The number of ether oxygens (including phenoxy) is 1. The second kappa shape index (κ2) is 6.83. The lowest BCUT2D eigenvalue weighted by Gasteiger charge is -2.08. The van der Waals surface area contributed by atoms with Crippen LogP contribution in [0.3, 0.4) is 0 Å². The summed E-state index contributed by atoms with van der Waals surface area (Å²) < 4.78 is 6.28. The van der Waals surface area contributed by atoms with E-state index in [4.69, 9.17) is 0 Å². The number of carbonyl (C=O) groups excluding carboxylic acids is 1. The van der Waals surface area contributed by atoms with E-state index in [0.29, 0.717) is 12.2 Å². The number of anilines is 1. The van der Waals surface area contributed by atoms with Crippen molar-refractivity contribution in [1.29, 1.82) is 0 Å². The Morgan fingerprint density at radius 3 is 3.05 bits per heavy atom. The van der Waals surface area contributed by atoms with Gasteiger partial charge >= 0.3 is 5.97 Å². The number of unbranched alkanes of at least 4 members (excludes halogenated alkanes) is 2. The molecular formula is C13H19N5O2. The Kier molecular flexibility index (Phi) is 4.86. The van der Waals surface area contributed by atoms with Crippen molar-refractivity contribution in [3.8, 4) is 0 Å². The van der Waals surface area contributed by atoms with Gasteiger partial charge in [-0.25, -0.2) is 4.98 Å². The summed E-state index contributed by atoms with van der Waals surface area (Å²) in [6, 6.07) is 1.94. The van der Waals surface area contributed by atoms with Crippen LogP contribution in [0.1, 0.15) is 31.4 Å². The molecule has 0 aliphatic heterocycles. The molecule has 2 aromatic heterocycles. The van der Waals surface area contributed by atoms with Crippen LogP contribution in [0.15, 0.2) is 12.4 Å². The zero-order valence-electron chi connectivity index (χ0n) is 11.8. The number of carbonyl (C=O) groups is 1. The molecule has 0 aromatic carbocycles. The van der Waals surface area contributed by atoms with E-state index in [-0.39, 0.29) is 5.97 Å². The summed E-state index contributed by atoms with van der Waals surface area (Å²) in [7, 11) is 1.42. The maximum absolute atomic E-state index is 11.0. The third-order valence-electron chi connectivity index (χ3n) is 2.97. The lowest BCUT2D eigenvalue weighted by Crippen LogP contribution is -2.08. The maximum atomic E-state index is 11.0. The van der Waals surface area contributed by atoms with Crippen LogP contribution < -0.4 is 5.32 Å². The molecule has 7 heteroatoms. The fourth-order valence-corrected chi connectivity index (χ4v) is 1.95. The first-order chi connectivity index (χ1) is 9.70. The number of esters is 1. The topological polar surface area (TPSA) is 81.4 Å².